The Labute approximate surface area is 148 Å². The average molecular weight is 336 g/mol. The van der Waals surface area contributed by atoms with Crippen LogP contribution in [-0.4, -0.2) is 53.1 Å². The minimum atomic E-state index is 0.0696. The van der Waals surface area contributed by atoms with Crippen molar-refractivity contribution in [1.82, 2.24) is 20.0 Å². The van der Waals surface area contributed by atoms with Crippen molar-refractivity contribution in [2.45, 2.75) is 30.7 Å². The topological polar surface area (TPSA) is 49.3 Å². The van der Waals surface area contributed by atoms with Crippen molar-refractivity contribution in [2.24, 2.45) is 0 Å². The second-order valence-electron chi connectivity index (χ2n) is 7.47. The highest BCUT2D eigenvalue weighted by atomic mass is 16.2. The van der Waals surface area contributed by atoms with Crippen LogP contribution in [0.3, 0.4) is 0 Å². The van der Waals surface area contributed by atoms with E-state index >= 15 is 0 Å². The predicted molar refractivity (Wildman–Crippen MR) is 96.3 cm³/mol. The highest BCUT2D eigenvalue weighted by Crippen LogP contribution is 2.52. The molecule has 5 nitrogen and oxygen atoms in total. The Balaban J connectivity index is 1.55. The van der Waals surface area contributed by atoms with E-state index in [0.29, 0.717) is 11.6 Å². The number of hydrogen-bond acceptors (Lipinski definition) is 4. The minimum absolute atomic E-state index is 0.0696. The van der Waals surface area contributed by atoms with Crippen LogP contribution in [0, 0.1) is 0 Å². The number of aromatic nitrogens is 2. The monoisotopic (exact) mass is 336 g/mol. The lowest BCUT2D eigenvalue weighted by molar-refractivity contribution is 0.0652. The van der Waals surface area contributed by atoms with Crippen LogP contribution in [-0.2, 0) is 5.41 Å². The van der Waals surface area contributed by atoms with Crippen LogP contribution in [0.1, 0.15) is 46.8 Å². The second-order valence-corrected chi connectivity index (χ2v) is 7.47. The molecule has 1 fully saturated rings. The van der Waals surface area contributed by atoms with Crippen LogP contribution in [0.25, 0.3) is 0 Å². The summed E-state index contributed by atoms with van der Waals surface area (Å²) in [5, 5.41) is 7.58. The van der Waals surface area contributed by atoms with Crippen molar-refractivity contribution in [3.8, 4) is 0 Å². The van der Waals surface area contributed by atoms with Gasteiger partial charge in [0.05, 0.1) is 18.0 Å². The molecule has 1 aliphatic heterocycles. The number of piperidine rings is 1. The van der Waals surface area contributed by atoms with E-state index in [4.69, 9.17) is 0 Å². The molecule has 2 aromatic rings. The van der Waals surface area contributed by atoms with Gasteiger partial charge in [-0.15, -0.1) is 0 Å². The second kappa shape index (κ2) is 6.23. The average Bonchev–Trinajstić information content (AvgIpc) is 2.97. The fourth-order valence-corrected chi connectivity index (χ4v) is 4.53. The maximum absolute atomic E-state index is 12.7. The lowest BCUT2D eigenvalue weighted by atomic mass is 9.73. The Hall–Kier alpha value is -2.27. The quantitative estimate of drug-likeness (QED) is 0.846. The third-order valence-electron chi connectivity index (χ3n) is 5.94. The smallest absolute Gasteiger partial charge is 0.255 e. The van der Waals surface area contributed by atoms with Gasteiger partial charge >= 0.3 is 0 Å². The van der Waals surface area contributed by atoms with E-state index in [-0.39, 0.29) is 11.3 Å². The van der Waals surface area contributed by atoms with Crippen LogP contribution in [0.2, 0.25) is 0 Å². The summed E-state index contributed by atoms with van der Waals surface area (Å²) < 4.78 is 0. The van der Waals surface area contributed by atoms with Crippen LogP contribution in [0.5, 0.6) is 0 Å². The van der Waals surface area contributed by atoms with Crippen LogP contribution >= 0.6 is 0 Å². The summed E-state index contributed by atoms with van der Waals surface area (Å²) in [6.07, 6.45) is 6.34. The number of benzene rings is 1. The van der Waals surface area contributed by atoms with Gasteiger partial charge in [0.15, 0.2) is 0 Å². The van der Waals surface area contributed by atoms with Gasteiger partial charge in [0.2, 0.25) is 0 Å². The Morgan fingerprint density at radius 3 is 2.60 bits per heavy atom. The van der Waals surface area contributed by atoms with Crippen LogP contribution < -0.4 is 0 Å². The highest BCUT2D eigenvalue weighted by molar-refractivity contribution is 5.93. The molecule has 5 heteroatoms. The van der Waals surface area contributed by atoms with Crippen molar-refractivity contribution < 1.29 is 4.79 Å². The van der Waals surface area contributed by atoms with E-state index in [0.717, 1.165) is 32.4 Å². The summed E-state index contributed by atoms with van der Waals surface area (Å²) >= 11 is 0. The standard InChI is InChI=1S/C20H24N4O/c1-23(2)18-13-20(17-6-4-3-5-16(17)18)8-11-24(12-9-20)19(25)15-7-10-21-22-14-15/h3-7,10,14,18H,8-9,11-13H2,1-2H3. The van der Waals surface area contributed by atoms with Gasteiger partial charge in [-0.25, -0.2) is 0 Å². The summed E-state index contributed by atoms with van der Waals surface area (Å²) in [6.45, 7) is 1.60. The number of amides is 1. The van der Waals surface area contributed by atoms with Gasteiger partial charge in [-0.3, -0.25) is 4.79 Å². The molecule has 0 N–H and O–H groups in total. The molecule has 0 bridgehead atoms. The zero-order valence-electron chi connectivity index (χ0n) is 14.9. The van der Waals surface area contributed by atoms with E-state index in [2.05, 4.69) is 53.5 Å². The van der Waals surface area contributed by atoms with Gasteiger partial charge in [-0.05, 0) is 50.6 Å². The van der Waals surface area contributed by atoms with E-state index in [1.807, 2.05) is 4.90 Å². The van der Waals surface area contributed by atoms with Gasteiger partial charge < -0.3 is 9.80 Å². The lowest BCUT2D eigenvalue weighted by Crippen LogP contribution is -2.44. The Bertz CT molecular complexity index is 766. The fraction of sp³-hybridized carbons (Fsp3) is 0.450. The first-order valence-electron chi connectivity index (χ1n) is 8.92. The van der Waals surface area contributed by atoms with Crippen molar-refractivity contribution >= 4 is 5.91 Å². The normalized spacial score (nSPS) is 21.6. The zero-order valence-corrected chi connectivity index (χ0v) is 14.9. The lowest BCUT2D eigenvalue weighted by Gasteiger charge is -2.40. The van der Waals surface area contributed by atoms with Gasteiger partial charge in [-0.1, -0.05) is 24.3 Å². The van der Waals surface area contributed by atoms with Crippen molar-refractivity contribution in [2.75, 3.05) is 27.2 Å². The number of likely N-dealkylation sites (tertiary alicyclic amines) is 1. The summed E-state index contributed by atoms with van der Waals surface area (Å²) in [7, 11) is 4.32. The third-order valence-corrected chi connectivity index (χ3v) is 5.94. The summed E-state index contributed by atoms with van der Waals surface area (Å²) in [5.74, 6) is 0.0696. The van der Waals surface area contributed by atoms with Crippen molar-refractivity contribution in [3.05, 3.63) is 59.4 Å². The maximum Gasteiger partial charge on any atom is 0.255 e. The predicted octanol–water partition coefficient (Wildman–Crippen LogP) is 2.66. The van der Waals surface area contributed by atoms with E-state index in [1.165, 1.54) is 11.1 Å². The number of nitrogens with zero attached hydrogens (tertiary/aromatic N) is 4. The Morgan fingerprint density at radius 2 is 1.92 bits per heavy atom. The Morgan fingerprint density at radius 1 is 1.16 bits per heavy atom. The molecule has 25 heavy (non-hydrogen) atoms. The van der Waals surface area contributed by atoms with Crippen LogP contribution in [0.4, 0.5) is 0 Å². The molecule has 0 saturated carbocycles. The SMILES string of the molecule is CN(C)C1CC2(CCN(C(=O)c3ccnnc3)CC2)c2ccccc21. The molecule has 1 spiro atoms. The molecular formula is C20H24N4O. The minimum Gasteiger partial charge on any atom is -0.339 e. The van der Waals surface area contributed by atoms with E-state index < -0.39 is 0 Å². The number of rotatable bonds is 2. The van der Waals surface area contributed by atoms with Crippen molar-refractivity contribution in [3.63, 3.8) is 0 Å². The molecule has 4 rings (SSSR count). The molecule has 1 aliphatic carbocycles. The number of fused-ring (bicyclic) bond motifs is 2. The Kier molecular flexibility index (Phi) is 4.04. The molecule has 0 radical (unpaired) electrons. The third kappa shape index (κ3) is 2.72. The molecular weight excluding hydrogens is 312 g/mol. The first-order valence-corrected chi connectivity index (χ1v) is 8.92. The largest absolute Gasteiger partial charge is 0.339 e. The zero-order chi connectivity index (χ0) is 17.4. The summed E-state index contributed by atoms with van der Waals surface area (Å²) in [6, 6.07) is 11.1. The summed E-state index contributed by atoms with van der Waals surface area (Å²) in [5.41, 5.74) is 3.79. The number of carbonyl (C=O) groups is 1. The molecule has 2 heterocycles. The highest BCUT2D eigenvalue weighted by Gasteiger charge is 2.46. The molecule has 1 aromatic carbocycles. The molecule has 1 atom stereocenters. The first-order chi connectivity index (χ1) is 12.1. The first kappa shape index (κ1) is 16.2. The van der Waals surface area contributed by atoms with Gasteiger partial charge in [-0.2, -0.15) is 10.2 Å². The molecule has 2 aliphatic rings. The molecule has 1 amide bonds. The number of hydrogen-bond donors (Lipinski definition) is 0. The van der Waals surface area contributed by atoms with Crippen molar-refractivity contribution in [1.29, 1.82) is 0 Å². The van der Waals surface area contributed by atoms with E-state index in [9.17, 15) is 4.79 Å². The van der Waals surface area contributed by atoms with Gasteiger partial charge in [0, 0.05) is 24.5 Å². The molecule has 1 aromatic heterocycles. The van der Waals surface area contributed by atoms with Gasteiger partial charge in [0.1, 0.15) is 0 Å². The van der Waals surface area contributed by atoms with Crippen LogP contribution in [0.15, 0.2) is 42.7 Å². The molecule has 1 saturated heterocycles. The summed E-state index contributed by atoms with van der Waals surface area (Å²) in [4.78, 5) is 17.0. The molecule has 1 unspecified atom stereocenters. The number of carbonyl (C=O) groups excluding carboxylic acids is 1. The van der Waals surface area contributed by atoms with E-state index in [1.54, 1.807) is 18.5 Å². The molecule has 130 valence electrons. The fourth-order valence-electron chi connectivity index (χ4n) is 4.53. The maximum atomic E-state index is 12.7. The van der Waals surface area contributed by atoms with Gasteiger partial charge in [0.25, 0.3) is 5.91 Å².